The SMILES string of the molecule is CC1NCCOC1CC(=O)Nc1cc2cc(-c3cnn(C)c3)ccc2cn1. The molecule has 1 aromatic carbocycles. The molecule has 3 aromatic rings. The zero-order valence-corrected chi connectivity index (χ0v) is 15.5. The highest BCUT2D eigenvalue weighted by molar-refractivity contribution is 5.94. The van der Waals surface area contributed by atoms with Gasteiger partial charge in [0.2, 0.25) is 5.91 Å². The van der Waals surface area contributed by atoms with E-state index in [1.165, 1.54) is 0 Å². The van der Waals surface area contributed by atoms with Gasteiger partial charge in [-0.25, -0.2) is 4.98 Å². The lowest BCUT2D eigenvalue weighted by atomic mass is 10.0. The van der Waals surface area contributed by atoms with E-state index in [1.807, 2.05) is 44.6 Å². The van der Waals surface area contributed by atoms with E-state index in [9.17, 15) is 4.79 Å². The number of benzene rings is 1. The van der Waals surface area contributed by atoms with Crippen molar-refractivity contribution in [1.29, 1.82) is 0 Å². The normalized spacial score (nSPS) is 19.9. The summed E-state index contributed by atoms with van der Waals surface area (Å²) in [4.78, 5) is 16.7. The van der Waals surface area contributed by atoms with Gasteiger partial charge in [0, 0.05) is 43.0 Å². The van der Waals surface area contributed by atoms with Crippen molar-refractivity contribution in [2.75, 3.05) is 18.5 Å². The molecular formula is C20H23N5O2. The van der Waals surface area contributed by atoms with Gasteiger partial charge >= 0.3 is 0 Å². The maximum absolute atomic E-state index is 12.4. The molecule has 1 amide bonds. The van der Waals surface area contributed by atoms with Crippen molar-refractivity contribution in [3.8, 4) is 11.1 Å². The van der Waals surface area contributed by atoms with Crippen molar-refractivity contribution in [2.45, 2.75) is 25.5 Å². The minimum absolute atomic E-state index is 0.0918. The van der Waals surface area contributed by atoms with E-state index in [1.54, 1.807) is 10.9 Å². The van der Waals surface area contributed by atoms with Crippen LogP contribution in [0.5, 0.6) is 0 Å². The number of carbonyl (C=O) groups excluding carboxylic acids is 1. The van der Waals surface area contributed by atoms with Gasteiger partial charge in [0.1, 0.15) is 5.82 Å². The monoisotopic (exact) mass is 365 g/mol. The van der Waals surface area contributed by atoms with Crippen LogP contribution in [0.25, 0.3) is 21.9 Å². The van der Waals surface area contributed by atoms with Gasteiger partial charge in [0.25, 0.3) is 0 Å². The maximum Gasteiger partial charge on any atom is 0.228 e. The van der Waals surface area contributed by atoms with Crippen molar-refractivity contribution in [1.82, 2.24) is 20.1 Å². The third kappa shape index (κ3) is 3.99. The quantitative estimate of drug-likeness (QED) is 0.742. The van der Waals surface area contributed by atoms with Crippen LogP contribution >= 0.6 is 0 Å². The summed E-state index contributed by atoms with van der Waals surface area (Å²) in [7, 11) is 1.90. The smallest absolute Gasteiger partial charge is 0.228 e. The summed E-state index contributed by atoms with van der Waals surface area (Å²) in [6.45, 7) is 3.49. The van der Waals surface area contributed by atoms with Crippen molar-refractivity contribution in [3.05, 3.63) is 42.9 Å². The Balaban J connectivity index is 1.51. The van der Waals surface area contributed by atoms with Gasteiger partial charge in [0.15, 0.2) is 0 Å². The Hall–Kier alpha value is -2.77. The van der Waals surface area contributed by atoms with Gasteiger partial charge in [-0.15, -0.1) is 0 Å². The number of morpholine rings is 1. The van der Waals surface area contributed by atoms with Crippen LogP contribution in [-0.4, -0.2) is 46.0 Å². The molecule has 4 rings (SSSR count). The molecule has 7 heteroatoms. The van der Waals surface area contributed by atoms with Crippen molar-refractivity contribution in [2.24, 2.45) is 7.05 Å². The van der Waals surface area contributed by atoms with E-state index in [-0.39, 0.29) is 18.1 Å². The molecule has 1 aliphatic rings. The van der Waals surface area contributed by atoms with Crippen molar-refractivity contribution in [3.63, 3.8) is 0 Å². The number of hydrogen-bond donors (Lipinski definition) is 2. The largest absolute Gasteiger partial charge is 0.375 e. The van der Waals surface area contributed by atoms with Gasteiger partial charge in [-0.1, -0.05) is 12.1 Å². The predicted molar refractivity (Wildman–Crippen MR) is 104 cm³/mol. The molecule has 3 heterocycles. The zero-order valence-electron chi connectivity index (χ0n) is 15.5. The topological polar surface area (TPSA) is 81.1 Å². The molecule has 7 nitrogen and oxygen atoms in total. The van der Waals surface area contributed by atoms with Crippen LogP contribution < -0.4 is 10.6 Å². The first-order valence-electron chi connectivity index (χ1n) is 9.12. The lowest BCUT2D eigenvalue weighted by Gasteiger charge is -2.29. The number of anilines is 1. The summed E-state index contributed by atoms with van der Waals surface area (Å²) in [6, 6.07) is 8.22. The molecule has 0 saturated carbocycles. The number of nitrogens with zero attached hydrogens (tertiary/aromatic N) is 3. The second-order valence-electron chi connectivity index (χ2n) is 6.94. The first kappa shape index (κ1) is 17.6. The third-order valence-electron chi connectivity index (χ3n) is 4.87. The fourth-order valence-electron chi connectivity index (χ4n) is 3.34. The van der Waals surface area contributed by atoms with Gasteiger partial charge in [-0.3, -0.25) is 9.48 Å². The second kappa shape index (κ2) is 7.46. The predicted octanol–water partition coefficient (Wildman–Crippen LogP) is 2.34. The summed E-state index contributed by atoms with van der Waals surface area (Å²) in [5.41, 5.74) is 2.13. The minimum Gasteiger partial charge on any atom is -0.375 e. The van der Waals surface area contributed by atoms with Gasteiger partial charge in [0.05, 0.1) is 25.3 Å². The van der Waals surface area contributed by atoms with E-state index in [2.05, 4.69) is 26.8 Å². The van der Waals surface area contributed by atoms with E-state index in [0.717, 1.165) is 28.4 Å². The van der Waals surface area contributed by atoms with Crippen LogP contribution in [0.15, 0.2) is 42.9 Å². The molecule has 0 spiro atoms. The Bertz CT molecular complexity index is 968. The Labute approximate surface area is 157 Å². The highest BCUT2D eigenvalue weighted by Gasteiger charge is 2.24. The van der Waals surface area contributed by atoms with E-state index < -0.39 is 0 Å². The minimum atomic E-state index is -0.114. The van der Waals surface area contributed by atoms with E-state index in [4.69, 9.17) is 4.74 Å². The molecular weight excluding hydrogens is 342 g/mol. The number of nitrogens with one attached hydrogen (secondary N) is 2. The Morgan fingerprint density at radius 2 is 2.19 bits per heavy atom. The standard InChI is InChI=1S/C20H23N5O2/c1-13-18(27-6-5-21-13)9-20(26)24-19-8-16-7-14(3-4-15(16)10-22-19)17-11-23-25(2)12-17/h3-4,7-8,10-13,18,21H,5-6,9H2,1-2H3,(H,22,24,26). The highest BCUT2D eigenvalue weighted by atomic mass is 16.5. The summed E-state index contributed by atoms with van der Waals surface area (Å²) in [6.07, 6.45) is 5.79. The number of aryl methyl sites for hydroxylation is 1. The molecule has 1 saturated heterocycles. The third-order valence-corrected chi connectivity index (χ3v) is 4.87. The summed E-state index contributed by atoms with van der Waals surface area (Å²) in [5.74, 6) is 0.457. The average Bonchev–Trinajstić information content (AvgIpc) is 3.09. The molecule has 1 fully saturated rings. The summed E-state index contributed by atoms with van der Waals surface area (Å²) < 4.78 is 7.46. The zero-order chi connectivity index (χ0) is 18.8. The van der Waals surface area contributed by atoms with Crippen LogP contribution in [0, 0.1) is 0 Å². The lowest BCUT2D eigenvalue weighted by molar-refractivity contribution is -0.120. The number of rotatable bonds is 4. The highest BCUT2D eigenvalue weighted by Crippen LogP contribution is 2.25. The number of carbonyl (C=O) groups is 1. The summed E-state index contributed by atoms with van der Waals surface area (Å²) >= 11 is 0. The number of aromatic nitrogens is 3. The molecule has 2 unspecified atom stereocenters. The number of hydrogen-bond acceptors (Lipinski definition) is 5. The van der Waals surface area contributed by atoms with E-state index >= 15 is 0 Å². The van der Waals surface area contributed by atoms with Gasteiger partial charge in [-0.05, 0) is 30.0 Å². The average molecular weight is 365 g/mol. The first-order valence-corrected chi connectivity index (χ1v) is 9.12. The van der Waals surface area contributed by atoms with E-state index in [0.29, 0.717) is 18.8 Å². The molecule has 2 atom stereocenters. The second-order valence-corrected chi connectivity index (χ2v) is 6.94. The molecule has 0 aliphatic carbocycles. The number of ether oxygens (including phenoxy) is 1. The van der Waals surface area contributed by atoms with Crippen molar-refractivity contribution >= 4 is 22.5 Å². The van der Waals surface area contributed by atoms with Crippen LogP contribution in [-0.2, 0) is 16.6 Å². The van der Waals surface area contributed by atoms with Crippen LogP contribution in [0.3, 0.4) is 0 Å². The van der Waals surface area contributed by atoms with Gasteiger partial charge in [-0.2, -0.15) is 5.10 Å². The molecule has 1 aliphatic heterocycles. The number of amides is 1. The molecule has 2 N–H and O–H groups in total. The maximum atomic E-state index is 12.4. The first-order chi connectivity index (χ1) is 13.1. The van der Waals surface area contributed by atoms with Gasteiger partial charge < -0.3 is 15.4 Å². The molecule has 0 bridgehead atoms. The fraction of sp³-hybridized carbons (Fsp3) is 0.350. The molecule has 140 valence electrons. The Morgan fingerprint density at radius 1 is 1.30 bits per heavy atom. The molecule has 0 radical (unpaired) electrons. The Morgan fingerprint density at radius 3 is 2.96 bits per heavy atom. The number of fused-ring (bicyclic) bond motifs is 1. The fourth-order valence-corrected chi connectivity index (χ4v) is 3.34. The van der Waals surface area contributed by atoms with Crippen molar-refractivity contribution < 1.29 is 9.53 Å². The Kier molecular flexibility index (Phi) is 4.87. The van der Waals surface area contributed by atoms with Crippen LogP contribution in [0.4, 0.5) is 5.82 Å². The molecule has 27 heavy (non-hydrogen) atoms. The lowest BCUT2D eigenvalue weighted by Crippen LogP contribution is -2.47. The summed E-state index contributed by atoms with van der Waals surface area (Å²) in [5, 5.41) is 12.5. The number of pyridine rings is 1. The van der Waals surface area contributed by atoms with Crippen LogP contribution in [0.2, 0.25) is 0 Å². The molecule has 2 aromatic heterocycles. The van der Waals surface area contributed by atoms with Crippen LogP contribution in [0.1, 0.15) is 13.3 Å².